The quantitative estimate of drug-likeness (QED) is 0.866. The number of rotatable bonds is 5. The number of benzene rings is 1. The van der Waals surface area contributed by atoms with E-state index in [0.717, 1.165) is 11.3 Å². The topological polar surface area (TPSA) is 67.0 Å². The largest absolute Gasteiger partial charge is 0.493 e. The molecule has 1 aromatic heterocycles. The molecule has 0 aliphatic carbocycles. The lowest BCUT2D eigenvalue weighted by atomic mass is 10.1. The maximum absolute atomic E-state index is 11.6. The van der Waals surface area contributed by atoms with Gasteiger partial charge in [0.25, 0.3) is 0 Å². The van der Waals surface area contributed by atoms with Gasteiger partial charge in [0, 0.05) is 6.07 Å². The summed E-state index contributed by atoms with van der Waals surface area (Å²) in [6, 6.07) is 7.67. The summed E-state index contributed by atoms with van der Waals surface area (Å²) in [7, 11) is 0. The zero-order chi connectivity index (χ0) is 13.7. The molecule has 2 N–H and O–H groups in total. The molecule has 1 aromatic carbocycles. The van der Waals surface area contributed by atoms with E-state index in [1.165, 1.54) is 5.56 Å². The van der Waals surface area contributed by atoms with Crippen LogP contribution in [-0.4, -0.2) is 22.7 Å². The first-order valence-corrected chi connectivity index (χ1v) is 6.14. The number of hydrogen-bond acceptors (Lipinski definition) is 3. The van der Waals surface area contributed by atoms with Crippen molar-refractivity contribution in [1.82, 2.24) is 10.2 Å². The summed E-state index contributed by atoms with van der Waals surface area (Å²) < 4.78 is 5.59. The Morgan fingerprint density at radius 1 is 1.37 bits per heavy atom. The van der Waals surface area contributed by atoms with E-state index < -0.39 is 0 Å². The Bertz CT molecular complexity index is 550. The second kappa shape index (κ2) is 6.04. The molecule has 0 fully saturated rings. The molecule has 1 heterocycles. The van der Waals surface area contributed by atoms with Crippen molar-refractivity contribution in [2.45, 2.75) is 20.3 Å². The summed E-state index contributed by atoms with van der Waals surface area (Å²) in [6.07, 6.45) is 1.88. The van der Waals surface area contributed by atoms with Gasteiger partial charge in [-0.2, -0.15) is 5.10 Å². The molecule has 0 radical (unpaired) electrons. The smallest absolute Gasteiger partial charge is 0.228 e. The Morgan fingerprint density at radius 2 is 2.21 bits per heavy atom. The van der Waals surface area contributed by atoms with Crippen LogP contribution in [0.5, 0.6) is 5.75 Å². The first-order chi connectivity index (χ1) is 9.15. The Hall–Kier alpha value is -2.30. The van der Waals surface area contributed by atoms with Crippen LogP contribution in [0.1, 0.15) is 17.5 Å². The minimum Gasteiger partial charge on any atom is -0.493 e. The molecule has 0 bridgehead atoms. The molecular formula is C14H17N3O2. The van der Waals surface area contributed by atoms with E-state index in [-0.39, 0.29) is 5.91 Å². The lowest BCUT2D eigenvalue weighted by Crippen LogP contribution is -2.15. The van der Waals surface area contributed by atoms with Gasteiger partial charge in [-0.15, -0.1) is 0 Å². The van der Waals surface area contributed by atoms with Crippen molar-refractivity contribution >= 4 is 11.7 Å². The first-order valence-electron chi connectivity index (χ1n) is 6.14. The third-order valence-corrected chi connectivity index (χ3v) is 2.69. The predicted octanol–water partition coefficient (Wildman–Crippen LogP) is 2.43. The Labute approximate surface area is 112 Å². The van der Waals surface area contributed by atoms with E-state index in [1.54, 1.807) is 12.3 Å². The molecule has 2 aromatic rings. The predicted molar refractivity (Wildman–Crippen MR) is 73.2 cm³/mol. The minimum absolute atomic E-state index is 0.103. The average molecular weight is 259 g/mol. The van der Waals surface area contributed by atoms with Gasteiger partial charge in [-0.25, -0.2) is 0 Å². The highest BCUT2D eigenvalue weighted by atomic mass is 16.5. The highest BCUT2D eigenvalue weighted by molar-refractivity contribution is 5.89. The van der Waals surface area contributed by atoms with Crippen molar-refractivity contribution in [2.24, 2.45) is 0 Å². The number of aryl methyl sites for hydroxylation is 2. The van der Waals surface area contributed by atoms with E-state index in [9.17, 15) is 4.79 Å². The average Bonchev–Trinajstić information content (AvgIpc) is 2.84. The fraction of sp³-hybridized carbons (Fsp3) is 0.286. The molecule has 0 aliphatic rings. The number of H-pyrrole nitrogens is 1. The summed E-state index contributed by atoms with van der Waals surface area (Å²) in [5.41, 5.74) is 2.27. The molecule has 0 unspecified atom stereocenters. The van der Waals surface area contributed by atoms with Crippen molar-refractivity contribution in [3.8, 4) is 5.75 Å². The molecule has 19 heavy (non-hydrogen) atoms. The zero-order valence-corrected chi connectivity index (χ0v) is 11.1. The third-order valence-electron chi connectivity index (χ3n) is 2.69. The third kappa shape index (κ3) is 3.84. The second-order valence-corrected chi connectivity index (χ2v) is 4.39. The van der Waals surface area contributed by atoms with Crippen molar-refractivity contribution < 1.29 is 9.53 Å². The van der Waals surface area contributed by atoms with Gasteiger partial charge in [-0.05, 0) is 25.5 Å². The molecule has 0 saturated carbocycles. The van der Waals surface area contributed by atoms with Crippen molar-refractivity contribution in [3.05, 3.63) is 41.6 Å². The summed E-state index contributed by atoms with van der Waals surface area (Å²) in [4.78, 5) is 11.6. The summed E-state index contributed by atoms with van der Waals surface area (Å²) in [5.74, 6) is 1.31. The maximum atomic E-state index is 11.6. The number of carbonyl (C=O) groups excluding carboxylic acids is 1. The van der Waals surface area contributed by atoms with Crippen LogP contribution in [0.4, 0.5) is 5.82 Å². The lowest BCUT2D eigenvalue weighted by molar-refractivity contribution is -0.116. The summed E-state index contributed by atoms with van der Waals surface area (Å²) in [6.45, 7) is 4.38. The van der Waals surface area contributed by atoms with Crippen LogP contribution in [0.15, 0.2) is 30.5 Å². The number of hydrogen-bond donors (Lipinski definition) is 2. The normalized spacial score (nSPS) is 10.2. The van der Waals surface area contributed by atoms with Crippen LogP contribution >= 0.6 is 0 Å². The Morgan fingerprint density at radius 3 is 2.89 bits per heavy atom. The lowest BCUT2D eigenvalue weighted by Gasteiger charge is -2.09. The van der Waals surface area contributed by atoms with E-state index in [0.29, 0.717) is 18.8 Å². The van der Waals surface area contributed by atoms with Gasteiger partial charge < -0.3 is 10.1 Å². The molecular weight excluding hydrogens is 242 g/mol. The molecule has 5 nitrogen and oxygen atoms in total. The maximum Gasteiger partial charge on any atom is 0.228 e. The molecule has 0 aliphatic heterocycles. The fourth-order valence-corrected chi connectivity index (χ4v) is 1.75. The standard InChI is InChI=1S/C14H17N3O2/c1-10-3-4-12(11(2)9-10)19-8-6-14(18)16-13-5-7-15-17-13/h3-5,7,9H,6,8H2,1-2H3,(H2,15,16,17,18). The van der Waals surface area contributed by atoms with Gasteiger partial charge in [0.1, 0.15) is 11.6 Å². The fourth-order valence-electron chi connectivity index (χ4n) is 1.75. The van der Waals surface area contributed by atoms with Crippen LogP contribution in [-0.2, 0) is 4.79 Å². The SMILES string of the molecule is Cc1ccc(OCCC(=O)Nc2ccn[nH]2)c(C)c1. The number of carbonyl (C=O) groups is 1. The molecule has 0 saturated heterocycles. The molecule has 0 spiro atoms. The van der Waals surface area contributed by atoms with Gasteiger partial charge >= 0.3 is 0 Å². The van der Waals surface area contributed by atoms with Gasteiger partial charge in [0.05, 0.1) is 19.2 Å². The van der Waals surface area contributed by atoms with Crippen LogP contribution in [0.25, 0.3) is 0 Å². The number of nitrogens with one attached hydrogen (secondary N) is 2. The van der Waals surface area contributed by atoms with Crippen LogP contribution in [0.3, 0.4) is 0 Å². The minimum atomic E-state index is -0.103. The summed E-state index contributed by atoms with van der Waals surface area (Å²) >= 11 is 0. The highest BCUT2D eigenvalue weighted by Gasteiger charge is 2.05. The van der Waals surface area contributed by atoms with E-state index in [2.05, 4.69) is 21.6 Å². The number of aromatic amines is 1. The first kappa shape index (κ1) is 13.1. The molecule has 100 valence electrons. The Balaban J connectivity index is 1.78. The second-order valence-electron chi connectivity index (χ2n) is 4.39. The van der Waals surface area contributed by atoms with Gasteiger partial charge in [-0.3, -0.25) is 9.89 Å². The highest BCUT2D eigenvalue weighted by Crippen LogP contribution is 2.18. The Kier molecular flexibility index (Phi) is 4.18. The van der Waals surface area contributed by atoms with Gasteiger partial charge in [0.15, 0.2) is 0 Å². The van der Waals surface area contributed by atoms with Crippen molar-refractivity contribution in [1.29, 1.82) is 0 Å². The molecule has 5 heteroatoms. The van der Waals surface area contributed by atoms with E-state index in [4.69, 9.17) is 4.74 Å². The zero-order valence-electron chi connectivity index (χ0n) is 11.1. The van der Waals surface area contributed by atoms with Crippen molar-refractivity contribution in [3.63, 3.8) is 0 Å². The van der Waals surface area contributed by atoms with Crippen LogP contribution in [0.2, 0.25) is 0 Å². The number of amides is 1. The number of ether oxygens (including phenoxy) is 1. The van der Waals surface area contributed by atoms with Gasteiger partial charge in [-0.1, -0.05) is 17.7 Å². The number of nitrogens with zero attached hydrogens (tertiary/aromatic N) is 1. The van der Waals surface area contributed by atoms with E-state index in [1.807, 2.05) is 26.0 Å². The number of anilines is 1. The number of aromatic nitrogens is 2. The molecule has 0 atom stereocenters. The summed E-state index contributed by atoms with van der Waals surface area (Å²) in [5, 5.41) is 9.12. The monoisotopic (exact) mass is 259 g/mol. The molecule has 1 amide bonds. The van der Waals surface area contributed by atoms with Crippen LogP contribution < -0.4 is 10.1 Å². The van der Waals surface area contributed by atoms with E-state index >= 15 is 0 Å². The molecule has 2 rings (SSSR count). The van der Waals surface area contributed by atoms with Crippen molar-refractivity contribution in [2.75, 3.05) is 11.9 Å². The van der Waals surface area contributed by atoms with Crippen LogP contribution in [0, 0.1) is 13.8 Å². The van der Waals surface area contributed by atoms with Gasteiger partial charge in [0.2, 0.25) is 5.91 Å².